The third-order valence-electron chi connectivity index (χ3n) is 2.43. The summed E-state index contributed by atoms with van der Waals surface area (Å²) in [5, 5.41) is 2.68. The van der Waals surface area contributed by atoms with Crippen LogP contribution >= 0.6 is 0 Å². The Labute approximate surface area is 99.7 Å². The lowest BCUT2D eigenvalue weighted by Gasteiger charge is -2.04. The number of hydrogen-bond acceptors (Lipinski definition) is 3. The van der Waals surface area contributed by atoms with Gasteiger partial charge in [0, 0.05) is 18.0 Å². The van der Waals surface area contributed by atoms with Crippen LogP contribution in [0.1, 0.15) is 22.8 Å². The first kappa shape index (κ1) is 11.3. The first-order chi connectivity index (χ1) is 8.29. The average molecular weight is 227 g/mol. The molecule has 1 aromatic heterocycles. The monoisotopic (exact) mass is 227 g/mol. The molecule has 1 heterocycles. The number of aryl methyl sites for hydroxylation is 1. The number of amides is 1. The molecule has 0 saturated carbocycles. The average Bonchev–Trinajstić information content (AvgIpc) is 2.40. The van der Waals surface area contributed by atoms with Crippen LogP contribution in [0.4, 0.5) is 5.82 Å². The zero-order valence-electron chi connectivity index (χ0n) is 9.55. The second kappa shape index (κ2) is 5.21. The van der Waals surface area contributed by atoms with Crippen LogP contribution in [0.5, 0.6) is 0 Å². The number of nitrogens with zero attached hydrogens (tertiary/aromatic N) is 2. The van der Waals surface area contributed by atoms with Gasteiger partial charge in [0.1, 0.15) is 0 Å². The van der Waals surface area contributed by atoms with E-state index in [2.05, 4.69) is 22.2 Å². The molecule has 0 aliphatic heterocycles. The van der Waals surface area contributed by atoms with Crippen LogP contribution in [0.3, 0.4) is 0 Å². The minimum absolute atomic E-state index is 0.173. The van der Waals surface area contributed by atoms with Crippen molar-refractivity contribution in [3.8, 4) is 0 Å². The van der Waals surface area contributed by atoms with Crippen LogP contribution in [0.25, 0.3) is 0 Å². The van der Waals surface area contributed by atoms with Crippen LogP contribution in [0, 0.1) is 0 Å². The summed E-state index contributed by atoms with van der Waals surface area (Å²) in [5.41, 5.74) is 1.83. The molecular weight excluding hydrogens is 214 g/mol. The van der Waals surface area contributed by atoms with Crippen molar-refractivity contribution in [1.82, 2.24) is 9.97 Å². The Kier molecular flexibility index (Phi) is 3.45. The van der Waals surface area contributed by atoms with Crippen molar-refractivity contribution in [3.05, 3.63) is 54.0 Å². The van der Waals surface area contributed by atoms with Crippen molar-refractivity contribution < 1.29 is 4.79 Å². The van der Waals surface area contributed by atoms with Crippen molar-refractivity contribution >= 4 is 11.7 Å². The fourth-order valence-electron chi connectivity index (χ4n) is 1.44. The maximum Gasteiger partial charge on any atom is 0.256 e. The van der Waals surface area contributed by atoms with Crippen molar-refractivity contribution in [3.63, 3.8) is 0 Å². The highest BCUT2D eigenvalue weighted by Gasteiger charge is 2.05. The highest BCUT2D eigenvalue weighted by molar-refractivity contribution is 6.03. The van der Waals surface area contributed by atoms with Crippen LogP contribution < -0.4 is 5.32 Å². The fourth-order valence-corrected chi connectivity index (χ4v) is 1.44. The molecule has 0 bridgehead atoms. The molecule has 2 rings (SSSR count). The first-order valence-corrected chi connectivity index (χ1v) is 5.46. The Bertz CT molecular complexity index is 494. The fraction of sp³-hybridized carbons (Fsp3) is 0.154. The zero-order valence-corrected chi connectivity index (χ0v) is 9.55. The maximum absolute atomic E-state index is 11.8. The van der Waals surface area contributed by atoms with Crippen molar-refractivity contribution in [2.45, 2.75) is 13.3 Å². The Morgan fingerprint density at radius 2 is 2.00 bits per heavy atom. The number of anilines is 1. The van der Waals surface area contributed by atoms with Gasteiger partial charge in [-0.2, -0.15) is 0 Å². The SMILES string of the molecule is CCc1ccc(C(=O)Nc2cnccn2)cc1. The lowest BCUT2D eigenvalue weighted by atomic mass is 10.1. The van der Waals surface area contributed by atoms with Crippen LogP contribution in [0.15, 0.2) is 42.9 Å². The number of carbonyl (C=O) groups is 1. The normalized spacial score (nSPS) is 9.94. The van der Waals surface area contributed by atoms with Gasteiger partial charge in [-0.3, -0.25) is 9.78 Å². The second-order valence-electron chi connectivity index (χ2n) is 3.60. The molecule has 86 valence electrons. The molecule has 0 spiro atoms. The van der Waals surface area contributed by atoms with Gasteiger partial charge in [0.25, 0.3) is 5.91 Å². The van der Waals surface area contributed by atoms with Gasteiger partial charge in [0.15, 0.2) is 5.82 Å². The molecule has 0 atom stereocenters. The topological polar surface area (TPSA) is 54.9 Å². The summed E-state index contributed by atoms with van der Waals surface area (Å²) < 4.78 is 0. The molecule has 1 N–H and O–H groups in total. The number of nitrogens with one attached hydrogen (secondary N) is 1. The van der Waals surface area contributed by atoms with E-state index in [1.165, 1.54) is 18.0 Å². The smallest absolute Gasteiger partial charge is 0.256 e. The lowest BCUT2D eigenvalue weighted by molar-refractivity contribution is 0.102. The highest BCUT2D eigenvalue weighted by atomic mass is 16.1. The number of benzene rings is 1. The molecule has 0 aliphatic carbocycles. The van der Waals surface area contributed by atoms with Gasteiger partial charge in [0.05, 0.1) is 6.20 Å². The summed E-state index contributed by atoms with van der Waals surface area (Å²) in [6, 6.07) is 7.52. The summed E-state index contributed by atoms with van der Waals surface area (Å²) in [7, 11) is 0. The molecule has 0 saturated heterocycles. The van der Waals surface area contributed by atoms with Crippen molar-refractivity contribution in [2.75, 3.05) is 5.32 Å². The Morgan fingerprint density at radius 3 is 2.59 bits per heavy atom. The van der Waals surface area contributed by atoms with E-state index in [9.17, 15) is 4.79 Å². The predicted molar refractivity (Wildman–Crippen MR) is 65.8 cm³/mol. The minimum Gasteiger partial charge on any atom is -0.305 e. The molecule has 1 amide bonds. The van der Waals surface area contributed by atoms with Gasteiger partial charge in [0.2, 0.25) is 0 Å². The van der Waals surface area contributed by atoms with Crippen molar-refractivity contribution in [1.29, 1.82) is 0 Å². The molecule has 2 aromatic rings. The van der Waals surface area contributed by atoms with Gasteiger partial charge in [-0.05, 0) is 24.1 Å². The van der Waals surface area contributed by atoms with Crippen LogP contribution in [-0.2, 0) is 6.42 Å². The van der Waals surface area contributed by atoms with E-state index in [-0.39, 0.29) is 5.91 Å². The molecular formula is C13H13N3O. The number of carbonyl (C=O) groups excluding carboxylic acids is 1. The minimum atomic E-state index is -0.173. The first-order valence-electron chi connectivity index (χ1n) is 5.46. The molecule has 4 nitrogen and oxygen atoms in total. The molecule has 0 fully saturated rings. The Hall–Kier alpha value is -2.23. The van der Waals surface area contributed by atoms with E-state index < -0.39 is 0 Å². The predicted octanol–water partition coefficient (Wildman–Crippen LogP) is 2.29. The number of rotatable bonds is 3. The lowest BCUT2D eigenvalue weighted by Crippen LogP contribution is -2.12. The van der Waals surface area contributed by atoms with E-state index in [4.69, 9.17) is 0 Å². The molecule has 1 aromatic carbocycles. The molecule has 4 heteroatoms. The molecule has 0 radical (unpaired) electrons. The van der Waals surface area contributed by atoms with E-state index in [1.807, 2.05) is 24.3 Å². The Balaban J connectivity index is 2.09. The molecule has 0 aliphatic rings. The molecule has 0 unspecified atom stereocenters. The maximum atomic E-state index is 11.8. The summed E-state index contributed by atoms with van der Waals surface area (Å²) in [5.74, 6) is 0.283. The van der Waals surface area contributed by atoms with Gasteiger partial charge >= 0.3 is 0 Å². The largest absolute Gasteiger partial charge is 0.305 e. The standard InChI is InChI=1S/C13H13N3O/c1-2-10-3-5-11(6-4-10)13(17)16-12-9-14-7-8-15-12/h3-9H,2H2,1H3,(H,15,16,17). The van der Waals surface area contributed by atoms with E-state index in [0.29, 0.717) is 11.4 Å². The summed E-state index contributed by atoms with van der Waals surface area (Å²) >= 11 is 0. The second-order valence-corrected chi connectivity index (χ2v) is 3.60. The van der Waals surface area contributed by atoms with E-state index in [0.717, 1.165) is 6.42 Å². The van der Waals surface area contributed by atoms with E-state index >= 15 is 0 Å². The summed E-state index contributed by atoms with van der Waals surface area (Å²) in [4.78, 5) is 19.7. The van der Waals surface area contributed by atoms with E-state index in [1.54, 1.807) is 6.20 Å². The van der Waals surface area contributed by atoms with Crippen molar-refractivity contribution in [2.24, 2.45) is 0 Å². The summed E-state index contributed by atoms with van der Waals surface area (Å²) in [6.45, 7) is 2.08. The van der Waals surface area contributed by atoms with Gasteiger partial charge < -0.3 is 5.32 Å². The van der Waals surface area contributed by atoms with Gasteiger partial charge in [-0.25, -0.2) is 4.98 Å². The van der Waals surface area contributed by atoms with Crippen LogP contribution in [-0.4, -0.2) is 15.9 Å². The third-order valence-corrected chi connectivity index (χ3v) is 2.43. The molecule has 17 heavy (non-hydrogen) atoms. The number of aromatic nitrogens is 2. The third kappa shape index (κ3) is 2.87. The van der Waals surface area contributed by atoms with Crippen LogP contribution in [0.2, 0.25) is 0 Å². The van der Waals surface area contributed by atoms with Gasteiger partial charge in [-0.15, -0.1) is 0 Å². The quantitative estimate of drug-likeness (QED) is 0.875. The number of hydrogen-bond donors (Lipinski definition) is 1. The summed E-state index contributed by atoms with van der Waals surface area (Å²) in [6.07, 6.45) is 5.58. The zero-order chi connectivity index (χ0) is 12.1. The Morgan fingerprint density at radius 1 is 1.24 bits per heavy atom. The highest BCUT2D eigenvalue weighted by Crippen LogP contribution is 2.07. The van der Waals surface area contributed by atoms with Gasteiger partial charge in [-0.1, -0.05) is 19.1 Å².